The summed E-state index contributed by atoms with van der Waals surface area (Å²) in [6.07, 6.45) is 1.73. The zero-order valence-corrected chi connectivity index (χ0v) is 20.0. The SMILES string of the molecule is CCOC(=O)C1=C(C)N=c2sc(=Cc3ccc(O)cc3)c(=O)n2[C@H]1c1cc(OC)ccc1OC. The predicted molar refractivity (Wildman–Crippen MR) is 128 cm³/mol. The Labute approximate surface area is 199 Å². The van der Waals surface area contributed by atoms with E-state index in [9.17, 15) is 14.7 Å². The van der Waals surface area contributed by atoms with Crippen LogP contribution in [0.1, 0.15) is 31.0 Å². The molecule has 176 valence electrons. The highest BCUT2D eigenvalue weighted by Crippen LogP contribution is 2.37. The lowest BCUT2D eigenvalue weighted by molar-refractivity contribution is -0.139. The number of hydrogen-bond acceptors (Lipinski definition) is 8. The number of carbonyl (C=O) groups excluding carboxylic acids is 1. The van der Waals surface area contributed by atoms with Crippen molar-refractivity contribution in [2.45, 2.75) is 19.9 Å². The number of fused-ring (bicyclic) bond motifs is 1. The second-order valence-electron chi connectivity index (χ2n) is 7.50. The van der Waals surface area contributed by atoms with Crippen LogP contribution in [-0.4, -0.2) is 36.5 Å². The number of hydrogen-bond donors (Lipinski definition) is 1. The summed E-state index contributed by atoms with van der Waals surface area (Å²) in [7, 11) is 3.07. The Morgan fingerprint density at radius 2 is 1.91 bits per heavy atom. The molecular formula is C25H24N2O6S. The molecule has 0 fully saturated rings. The molecule has 3 aromatic rings. The molecule has 34 heavy (non-hydrogen) atoms. The van der Waals surface area contributed by atoms with Gasteiger partial charge in [0, 0.05) is 5.56 Å². The van der Waals surface area contributed by atoms with Crippen LogP contribution >= 0.6 is 11.3 Å². The van der Waals surface area contributed by atoms with Gasteiger partial charge < -0.3 is 19.3 Å². The van der Waals surface area contributed by atoms with E-state index in [1.165, 1.54) is 23.0 Å². The summed E-state index contributed by atoms with van der Waals surface area (Å²) >= 11 is 1.22. The fraction of sp³-hybridized carbons (Fsp3) is 0.240. The first-order chi connectivity index (χ1) is 16.4. The molecule has 0 spiro atoms. The number of allylic oxidation sites excluding steroid dienone is 1. The smallest absolute Gasteiger partial charge is 0.338 e. The number of esters is 1. The summed E-state index contributed by atoms with van der Waals surface area (Å²) in [6.45, 7) is 3.63. The van der Waals surface area contributed by atoms with E-state index in [4.69, 9.17) is 14.2 Å². The van der Waals surface area contributed by atoms with Crippen molar-refractivity contribution in [1.82, 2.24) is 4.57 Å². The second kappa shape index (κ2) is 9.56. The number of methoxy groups -OCH3 is 2. The van der Waals surface area contributed by atoms with Crippen LogP contribution in [0.3, 0.4) is 0 Å². The number of rotatable bonds is 6. The van der Waals surface area contributed by atoms with Crippen LogP contribution in [0.15, 0.2) is 63.5 Å². The number of benzene rings is 2. The van der Waals surface area contributed by atoms with E-state index in [-0.39, 0.29) is 23.5 Å². The number of phenols is 1. The number of nitrogens with zero attached hydrogens (tertiary/aromatic N) is 2. The second-order valence-corrected chi connectivity index (χ2v) is 8.51. The fourth-order valence-corrected chi connectivity index (χ4v) is 4.91. The molecule has 0 saturated heterocycles. The molecule has 1 atom stereocenters. The van der Waals surface area contributed by atoms with Crippen LogP contribution in [0.2, 0.25) is 0 Å². The van der Waals surface area contributed by atoms with Gasteiger partial charge in [-0.05, 0) is 55.8 Å². The van der Waals surface area contributed by atoms with Gasteiger partial charge in [-0.3, -0.25) is 9.36 Å². The molecule has 4 rings (SSSR count). The minimum Gasteiger partial charge on any atom is -0.508 e. The van der Waals surface area contributed by atoms with Gasteiger partial charge in [0.1, 0.15) is 23.3 Å². The van der Waals surface area contributed by atoms with Crippen LogP contribution in [0.25, 0.3) is 6.08 Å². The van der Waals surface area contributed by atoms with E-state index in [1.807, 2.05) is 0 Å². The number of carbonyl (C=O) groups is 1. The topological polar surface area (TPSA) is 99.4 Å². The van der Waals surface area contributed by atoms with E-state index in [0.29, 0.717) is 32.1 Å². The Balaban J connectivity index is 2.01. The number of aromatic nitrogens is 1. The van der Waals surface area contributed by atoms with Crippen molar-refractivity contribution < 1.29 is 24.1 Å². The highest BCUT2D eigenvalue weighted by atomic mass is 32.1. The molecule has 0 radical (unpaired) electrons. The number of thiazole rings is 1. The highest BCUT2D eigenvalue weighted by Gasteiger charge is 2.35. The Hall–Kier alpha value is -3.85. The molecular weight excluding hydrogens is 456 g/mol. The monoisotopic (exact) mass is 480 g/mol. The number of aromatic hydroxyl groups is 1. The zero-order chi connectivity index (χ0) is 24.4. The van der Waals surface area contributed by atoms with Crippen molar-refractivity contribution in [2.75, 3.05) is 20.8 Å². The van der Waals surface area contributed by atoms with Crippen molar-refractivity contribution >= 4 is 23.4 Å². The van der Waals surface area contributed by atoms with Crippen molar-refractivity contribution in [2.24, 2.45) is 4.99 Å². The van der Waals surface area contributed by atoms with Crippen molar-refractivity contribution in [3.8, 4) is 17.2 Å². The zero-order valence-electron chi connectivity index (χ0n) is 19.2. The van der Waals surface area contributed by atoms with E-state index >= 15 is 0 Å². The lowest BCUT2D eigenvalue weighted by atomic mass is 9.94. The average Bonchev–Trinajstić information content (AvgIpc) is 3.13. The standard InChI is InChI=1S/C25H24N2O6S/c1-5-33-24(30)21-14(2)26-25-27(22(21)18-13-17(31-3)10-11-19(18)32-4)23(29)20(34-25)12-15-6-8-16(28)9-7-15/h6-13,22,28H,5H2,1-4H3/t22-/m0/s1. The van der Waals surface area contributed by atoms with Gasteiger partial charge in [-0.25, -0.2) is 9.79 Å². The molecule has 0 saturated carbocycles. The summed E-state index contributed by atoms with van der Waals surface area (Å²) in [6, 6.07) is 10.9. The first kappa shape index (κ1) is 23.3. The van der Waals surface area contributed by atoms with Gasteiger partial charge in [-0.2, -0.15) is 0 Å². The fourth-order valence-electron chi connectivity index (χ4n) is 3.86. The van der Waals surface area contributed by atoms with Crippen LogP contribution < -0.4 is 24.4 Å². The lowest BCUT2D eigenvalue weighted by Gasteiger charge is -2.26. The summed E-state index contributed by atoms with van der Waals surface area (Å²) in [5.74, 6) is 0.639. The third-order valence-electron chi connectivity index (χ3n) is 5.44. The van der Waals surface area contributed by atoms with Gasteiger partial charge in [-0.1, -0.05) is 23.5 Å². The van der Waals surface area contributed by atoms with Gasteiger partial charge in [0.15, 0.2) is 4.80 Å². The minimum atomic E-state index is -0.817. The maximum Gasteiger partial charge on any atom is 0.338 e. The summed E-state index contributed by atoms with van der Waals surface area (Å²) in [5, 5.41) is 9.55. The Morgan fingerprint density at radius 1 is 1.18 bits per heavy atom. The third kappa shape index (κ3) is 4.22. The molecule has 0 amide bonds. The summed E-state index contributed by atoms with van der Waals surface area (Å²) in [4.78, 5) is 31.7. The molecule has 1 aliphatic heterocycles. The van der Waals surface area contributed by atoms with Crippen LogP contribution in [0, 0.1) is 0 Å². The van der Waals surface area contributed by atoms with Gasteiger partial charge in [0.2, 0.25) is 0 Å². The minimum absolute atomic E-state index is 0.137. The molecule has 1 aliphatic rings. The van der Waals surface area contributed by atoms with E-state index in [1.54, 1.807) is 69.5 Å². The van der Waals surface area contributed by atoms with Gasteiger partial charge in [-0.15, -0.1) is 0 Å². The van der Waals surface area contributed by atoms with E-state index < -0.39 is 12.0 Å². The molecule has 2 heterocycles. The van der Waals surface area contributed by atoms with Crippen LogP contribution in [0.5, 0.6) is 17.2 Å². The average molecular weight is 481 g/mol. The summed E-state index contributed by atoms with van der Waals surface area (Å²) in [5.41, 5.74) is 1.75. The van der Waals surface area contributed by atoms with Crippen molar-refractivity contribution in [3.63, 3.8) is 0 Å². The van der Waals surface area contributed by atoms with Crippen LogP contribution in [-0.2, 0) is 9.53 Å². The molecule has 9 heteroatoms. The Morgan fingerprint density at radius 3 is 2.56 bits per heavy atom. The largest absolute Gasteiger partial charge is 0.508 e. The maximum absolute atomic E-state index is 13.6. The van der Waals surface area contributed by atoms with Crippen LogP contribution in [0.4, 0.5) is 0 Å². The number of ether oxygens (including phenoxy) is 3. The molecule has 2 aromatic carbocycles. The molecule has 0 unspecified atom stereocenters. The normalized spacial score (nSPS) is 15.5. The van der Waals surface area contributed by atoms with Crippen molar-refractivity contribution in [3.05, 3.63) is 84.5 Å². The summed E-state index contributed by atoms with van der Waals surface area (Å²) < 4.78 is 18.3. The van der Waals surface area contributed by atoms with E-state index in [0.717, 1.165) is 5.56 Å². The molecule has 1 N–H and O–H groups in total. The molecule has 0 bridgehead atoms. The highest BCUT2D eigenvalue weighted by molar-refractivity contribution is 7.07. The predicted octanol–water partition coefficient (Wildman–Crippen LogP) is 2.52. The first-order valence-corrected chi connectivity index (χ1v) is 11.4. The maximum atomic E-state index is 13.6. The van der Waals surface area contributed by atoms with Gasteiger partial charge >= 0.3 is 5.97 Å². The van der Waals surface area contributed by atoms with Gasteiger partial charge in [0.25, 0.3) is 5.56 Å². The first-order valence-electron chi connectivity index (χ1n) is 10.6. The van der Waals surface area contributed by atoms with Crippen molar-refractivity contribution in [1.29, 1.82) is 0 Å². The lowest BCUT2D eigenvalue weighted by Crippen LogP contribution is -2.40. The molecule has 0 aliphatic carbocycles. The molecule has 1 aromatic heterocycles. The quantitative estimate of drug-likeness (QED) is 0.545. The Bertz CT molecular complexity index is 1450. The Kier molecular flexibility index (Phi) is 6.56. The third-order valence-corrected chi connectivity index (χ3v) is 6.42. The molecule has 8 nitrogen and oxygen atoms in total. The van der Waals surface area contributed by atoms with E-state index in [2.05, 4.69) is 4.99 Å². The van der Waals surface area contributed by atoms with Gasteiger partial charge in [0.05, 0.1) is 36.6 Å². The number of phenolic OH excluding ortho intramolecular Hbond substituents is 1.